The molecule has 0 saturated heterocycles. The van der Waals surface area contributed by atoms with Crippen LogP contribution in [-0.4, -0.2) is 9.13 Å². The molecule has 0 N–H and O–H groups in total. The van der Waals surface area contributed by atoms with Crippen LogP contribution < -0.4 is 0 Å². The van der Waals surface area contributed by atoms with Crippen molar-refractivity contribution in [2.45, 2.75) is 33.1 Å². The van der Waals surface area contributed by atoms with Crippen LogP contribution >= 0.6 is 0 Å². The summed E-state index contributed by atoms with van der Waals surface area (Å²) < 4.78 is 4.85. The Morgan fingerprint density at radius 1 is 0.400 bits per heavy atom. The molecule has 2 aromatic heterocycles. The fraction of sp³-hybridized carbons (Fsp3) is 0.0943. The van der Waals surface area contributed by atoms with Gasteiger partial charge in [-0.3, -0.25) is 0 Å². The Balaban J connectivity index is 1.06. The van der Waals surface area contributed by atoms with E-state index in [1.54, 1.807) is 0 Å². The highest BCUT2D eigenvalue weighted by Gasteiger charge is 2.18. The summed E-state index contributed by atoms with van der Waals surface area (Å²) in [5, 5.41) is 5.03. The van der Waals surface area contributed by atoms with E-state index in [0.29, 0.717) is 0 Å². The predicted molar refractivity (Wildman–Crippen MR) is 235 cm³/mol. The van der Waals surface area contributed by atoms with E-state index >= 15 is 0 Å². The summed E-state index contributed by atoms with van der Waals surface area (Å²) in [6.45, 7) is 4.39. The van der Waals surface area contributed by atoms with Gasteiger partial charge < -0.3 is 9.13 Å². The zero-order valence-electron chi connectivity index (χ0n) is 31.3. The lowest BCUT2D eigenvalue weighted by molar-refractivity contribution is 0.795. The summed E-state index contributed by atoms with van der Waals surface area (Å²) in [4.78, 5) is 0. The van der Waals surface area contributed by atoms with E-state index in [9.17, 15) is 0 Å². The summed E-state index contributed by atoms with van der Waals surface area (Å²) in [5.41, 5.74) is 17.3. The molecule has 264 valence electrons. The van der Waals surface area contributed by atoms with Gasteiger partial charge in [0.1, 0.15) is 0 Å². The first kappa shape index (κ1) is 33.0. The van der Waals surface area contributed by atoms with Gasteiger partial charge in [-0.05, 0) is 108 Å². The highest BCUT2D eigenvalue weighted by molar-refractivity contribution is 6.13. The highest BCUT2D eigenvalue weighted by atomic mass is 15.0. The number of aromatic nitrogens is 2. The van der Waals surface area contributed by atoms with Crippen molar-refractivity contribution in [3.63, 3.8) is 0 Å². The average Bonchev–Trinajstić information content (AvgIpc) is 3.75. The molecule has 0 spiro atoms. The Morgan fingerprint density at radius 2 is 0.891 bits per heavy atom. The monoisotopic (exact) mass is 706 g/mol. The van der Waals surface area contributed by atoms with Crippen molar-refractivity contribution in [3.05, 3.63) is 193 Å². The van der Waals surface area contributed by atoms with Gasteiger partial charge in [-0.1, -0.05) is 146 Å². The van der Waals surface area contributed by atoms with Crippen molar-refractivity contribution in [2.75, 3.05) is 0 Å². The number of benzene rings is 8. The Morgan fingerprint density at radius 3 is 1.53 bits per heavy atom. The normalized spacial score (nSPS) is 11.7. The lowest BCUT2D eigenvalue weighted by Crippen LogP contribution is -1.97. The maximum atomic E-state index is 2.44. The molecule has 8 aromatic carbocycles. The minimum Gasteiger partial charge on any atom is -0.309 e. The van der Waals surface area contributed by atoms with E-state index in [1.165, 1.54) is 112 Å². The molecule has 55 heavy (non-hydrogen) atoms. The molecule has 0 unspecified atom stereocenters. The molecule has 0 aliphatic carbocycles. The van der Waals surface area contributed by atoms with Crippen molar-refractivity contribution >= 4 is 43.6 Å². The molecule has 0 bridgehead atoms. The average molecular weight is 707 g/mol. The number of hydrogen-bond acceptors (Lipinski definition) is 0. The van der Waals surface area contributed by atoms with Crippen molar-refractivity contribution in [2.24, 2.45) is 0 Å². The number of aryl methyl sites for hydroxylation is 2. The second-order valence-corrected chi connectivity index (χ2v) is 14.9. The van der Waals surface area contributed by atoms with Crippen LogP contribution in [0.15, 0.2) is 182 Å². The zero-order valence-corrected chi connectivity index (χ0v) is 31.3. The van der Waals surface area contributed by atoms with Gasteiger partial charge in [-0.25, -0.2) is 0 Å². The molecule has 10 rings (SSSR count). The van der Waals surface area contributed by atoms with Crippen molar-refractivity contribution < 1.29 is 0 Å². The number of unbranched alkanes of at least 4 members (excludes halogenated alkanes) is 1. The van der Waals surface area contributed by atoms with Crippen LogP contribution in [-0.2, 0) is 6.42 Å². The highest BCUT2D eigenvalue weighted by Crippen LogP contribution is 2.40. The molecule has 10 aromatic rings. The summed E-state index contributed by atoms with van der Waals surface area (Å²) in [7, 11) is 0. The molecule has 0 atom stereocenters. The molecular formula is C53H42N2. The molecule has 2 heteroatoms. The maximum absolute atomic E-state index is 2.44. The quantitative estimate of drug-likeness (QED) is 0.149. The van der Waals surface area contributed by atoms with Crippen LogP contribution in [0, 0.1) is 6.92 Å². The SMILES string of the molecule is CCCCc1ccc(-c2ccc(-n3c4ccccc4c4cc(-c5ccc6c(c5)c5ccccc5n6-c5ccccc5-c5ccc(C)cc5)ccc43)cc2)cc1. The van der Waals surface area contributed by atoms with Gasteiger partial charge in [0.25, 0.3) is 0 Å². The van der Waals surface area contributed by atoms with Gasteiger partial charge in [0, 0.05) is 32.8 Å². The molecule has 2 nitrogen and oxygen atoms in total. The van der Waals surface area contributed by atoms with E-state index in [0.717, 1.165) is 6.42 Å². The van der Waals surface area contributed by atoms with Gasteiger partial charge in [-0.2, -0.15) is 0 Å². The van der Waals surface area contributed by atoms with Crippen LogP contribution in [0.25, 0.3) is 88.4 Å². The zero-order chi connectivity index (χ0) is 36.9. The molecule has 0 saturated carbocycles. The first-order valence-electron chi connectivity index (χ1n) is 19.6. The smallest absolute Gasteiger partial charge is 0.0541 e. The third-order valence-corrected chi connectivity index (χ3v) is 11.4. The third kappa shape index (κ3) is 5.73. The fourth-order valence-electron chi connectivity index (χ4n) is 8.54. The Labute approximate surface area is 322 Å². The van der Waals surface area contributed by atoms with Gasteiger partial charge >= 0.3 is 0 Å². The molecule has 0 fully saturated rings. The first-order chi connectivity index (χ1) is 27.1. The van der Waals surface area contributed by atoms with Gasteiger partial charge in [0.2, 0.25) is 0 Å². The first-order valence-corrected chi connectivity index (χ1v) is 19.6. The molecular weight excluding hydrogens is 665 g/mol. The van der Waals surface area contributed by atoms with Crippen LogP contribution in [0.1, 0.15) is 30.9 Å². The Kier molecular flexibility index (Phi) is 8.18. The number of rotatable bonds is 8. The van der Waals surface area contributed by atoms with Crippen LogP contribution in [0.5, 0.6) is 0 Å². The summed E-state index contributed by atoms with van der Waals surface area (Å²) in [6, 6.07) is 67.4. The van der Waals surface area contributed by atoms with Gasteiger partial charge in [0.15, 0.2) is 0 Å². The van der Waals surface area contributed by atoms with E-state index in [1.807, 2.05) is 0 Å². The Bertz CT molecular complexity index is 2990. The molecule has 0 aliphatic rings. The predicted octanol–water partition coefficient (Wildman–Crippen LogP) is 14.5. The number of hydrogen-bond donors (Lipinski definition) is 0. The van der Waals surface area contributed by atoms with E-state index < -0.39 is 0 Å². The minimum absolute atomic E-state index is 1.15. The molecule has 0 radical (unpaired) electrons. The number of para-hydroxylation sites is 3. The van der Waals surface area contributed by atoms with Gasteiger partial charge in [0.05, 0.1) is 27.8 Å². The minimum atomic E-state index is 1.15. The lowest BCUT2D eigenvalue weighted by Gasteiger charge is -2.14. The summed E-state index contributed by atoms with van der Waals surface area (Å²) in [6.07, 6.45) is 3.61. The second-order valence-electron chi connectivity index (χ2n) is 14.9. The van der Waals surface area contributed by atoms with Crippen molar-refractivity contribution in [1.82, 2.24) is 9.13 Å². The van der Waals surface area contributed by atoms with E-state index in [2.05, 4.69) is 205 Å². The van der Waals surface area contributed by atoms with Crippen LogP contribution in [0.4, 0.5) is 0 Å². The molecule has 0 aliphatic heterocycles. The maximum Gasteiger partial charge on any atom is 0.0541 e. The van der Waals surface area contributed by atoms with E-state index in [-0.39, 0.29) is 0 Å². The number of fused-ring (bicyclic) bond motifs is 6. The third-order valence-electron chi connectivity index (χ3n) is 11.4. The van der Waals surface area contributed by atoms with E-state index in [4.69, 9.17) is 0 Å². The van der Waals surface area contributed by atoms with Crippen LogP contribution in [0.2, 0.25) is 0 Å². The van der Waals surface area contributed by atoms with Crippen LogP contribution in [0.3, 0.4) is 0 Å². The lowest BCUT2D eigenvalue weighted by atomic mass is 10.0. The molecule has 0 amide bonds. The number of nitrogens with zero attached hydrogens (tertiary/aromatic N) is 2. The van der Waals surface area contributed by atoms with Crippen molar-refractivity contribution in [3.8, 4) is 44.8 Å². The van der Waals surface area contributed by atoms with Gasteiger partial charge in [-0.15, -0.1) is 0 Å². The Hall–Kier alpha value is -6.64. The summed E-state index contributed by atoms with van der Waals surface area (Å²) in [5.74, 6) is 0. The van der Waals surface area contributed by atoms with Crippen molar-refractivity contribution in [1.29, 1.82) is 0 Å². The largest absolute Gasteiger partial charge is 0.309 e. The standard InChI is InChI=1S/C53H42N2/c1-3-4-11-37-20-24-38(25-21-37)39-26-30-43(31-27-39)54-50-16-9-6-13-45(50)47-34-41(28-32-52(47)54)42-29-33-53-48(35-42)46-14-7-10-17-51(46)55(53)49-15-8-5-12-44(49)40-22-18-36(2)19-23-40/h5-10,12-35H,3-4,11H2,1-2H3. The summed E-state index contributed by atoms with van der Waals surface area (Å²) >= 11 is 0. The second kappa shape index (κ2) is 13.6. The molecule has 2 heterocycles. The fourth-order valence-corrected chi connectivity index (χ4v) is 8.54. The topological polar surface area (TPSA) is 9.86 Å².